The van der Waals surface area contributed by atoms with Crippen LogP contribution in [0.2, 0.25) is 18.1 Å². The van der Waals surface area contributed by atoms with Gasteiger partial charge in [0.2, 0.25) is 5.91 Å². The maximum absolute atomic E-state index is 12.3. The van der Waals surface area contributed by atoms with Crippen molar-refractivity contribution in [3.8, 4) is 0 Å². The summed E-state index contributed by atoms with van der Waals surface area (Å²) in [4.78, 5) is 16.6. The summed E-state index contributed by atoms with van der Waals surface area (Å²) in [5, 5.41) is 3.07. The molecule has 0 aliphatic heterocycles. The summed E-state index contributed by atoms with van der Waals surface area (Å²) in [6.45, 7) is 17.1. The highest BCUT2D eigenvalue weighted by atomic mass is 28.4. The van der Waals surface area contributed by atoms with Gasteiger partial charge >= 0.3 is 0 Å². The van der Waals surface area contributed by atoms with Crippen LogP contribution in [-0.2, 0) is 15.8 Å². The minimum Gasteiger partial charge on any atom is -0.455 e. The zero-order chi connectivity index (χ0) is 19.0. The average molecular weight is 363 g/mol. The second kappa shape index (κ2) is 6.57. The number of nitrogens with zero attached hydrogens (tertiary/aromatic N) is 1. The quantitative estimate of drug-likeness (QED) is 0.746. The molecular formula is C19H30N2O3Si. The molecule has 6 heteroatoms. The van der Waals surface area contributed by atoms with Gasteiger partial charge in [-0.05, 0) is 24.2 Å². The van der Waals surface area contributed by atoms with E-state index in [1.165, 1.54) is 0 Å². The second-order valence-electron chi connectivity index (χ2n) is 9.04. The van der Waals surface area contributed by atoms with E-state index in [-0.39, 0.29) is 10.9 Å². The van der Waals surface area contributed by atoms with Gasteiger partial charge in [0.15, 0.2) is 13.9 Å². The minimum absolute atomic E-state index is 0.0597. The Morgan fingerprint density at radius 3 is 2.44 bits per heavy atom. The molecule has 0 saturated carbocycles. The lowest BCUT2D eigenvalue weighted by atomic mass is 9.95. The lowest BCUT2D eigenvalue weighted by Gasteiger charge is -2.35. The maximum atomic E-state index is 12.3. The fourth-order valence-electron chi connectivity index (χ4n) is 1.93. The van der Waals surface area contributed by atoms with Gasteiger partial charge in [0, 0.05) is 17.7 Å². The largest absolute Gasteiger partial charge is 0.455 e. The van der Waals surface area contributed by atoms with E-state index in [9.17, 15) is 4.79 Å². The Balaban J connectivity index is 2.23. The molecule has 2 heterocycles. The molecule has 0 aliphatic carbocycles. The van der Waals surface area contributed by atoms with Crippen molar-refractivity contribution in [3.63, 3.8) is 0 Å². The lowest BCUT2D eigenvalue weighted by molar-refractivity contribution is -0.123. The lowest BCUT2D eigenvalue weighted by Crippen LogP contribution is -2.40. The molecule has 0 unspecified atom stereocenters. The fraction of sp³-hybridized carbons (Fsp3) is 0.579. The van der Waals surface area contributed by atoms with Gasteiger partial charge in [-0.15, -0.1) is 0 Å². The summed E-state index contributed by atoms with van der Waals surface area (Å²) in [7, 11) is -1.85. The number of nitrogens with one attached hydrogen (secondary N) is 1. The molecule has 25 heavy (non-hydrogen) atoms. The van der Waals surface area contributed by atoms with Gasteiger partial charge in [-0.25, -0.2) is 0 Å². The van der Waals surface area contributed by atoms with Gasteiger partial charge in [-0.2, -0.15) is 0 Å². The Hall–Kier alpha value is -1.66. The van der Waals surface area contributed by atoms with Crippen LogP contribution >= 0.6 is 0 Å². The fourth-order valence-corrected chi connectivity index (χ4v) is 2.87. The molecule has 0 fully saturated rings. The number of anilines is 1. The summed E-state index contributed by atoms with van der Waals surface area (Å²) < 4.78 is 12.2. The maximum Gasteiger partial charge on any atom is 0.229 e. The normalized spacial score (nSPS) is 13.3. The molecule has 1 amide bonds. The first-order chi connectivity index (χ1) is 11.3. The number of hydrogen-bond donors (Lipinski definition) is 1. The molecule has 0 bridgehead atoms. The number of hydrogen-bond acceptors (Lipinski definition) is 4. The van der Waals surface area contributed by atoms with Crippen molar-refractivity contribution >= 4 is 31.0 Å². The van der Waals surface area contributed by atoms with Gasteiger partial charge < -0.3 is 14.2 Å². The molecule has 0 spiro atoms. The summed E-state index contributed by atoms with van der Waals surface area (Å²) >= 11 is 0. The van der Waals surface area contributed by atoms with Gasteiger partial charge in [0.1, 0.15) is 11.3 Å². The molecule has 138 valence electrons. The van der Waals surface area contributed by atoms with Crippen LogP contribution in [0.4, 0.5) is 5.69 Å². The van der Waals surface area contributed by atoms with Crippen LogP contribution in [0.3, 0.4) is 0 Å². The number of pyridine rings is 1. The zero-order valence-electron chi connectivity index (χ0n) is 16.6. The molecule has 1 N–H and O–H groups in total. The highest BCUT2D eigenvalue weighted by Crippen LogP contribution is 2.37. The van der Waals surface area contributed by atoms with Crippen molar-refractivity contribution in [2.45, 2.75) is 66.3 Å². The third kappa shape index (κ3) is 4.49. The van der Waals surface area contributed by atoms with Crippen molar-refractivity contribution in [1.29, 1.82) is 0 Å². The Labute approximate surface area is 151 Å². The van der Waals surface area contributed by atoms with E-state index in [1.54, 1.807) is 12.3 Å². The third-order valence-electron chi connectivity index (χ3n) is 4.77. The Bertz CT molecular complexity index is 767. The van der Waals surface area contributed by atoms with Crippen molar-refractivity contribution in [2.24, 2.45) is 5.41 Å². The molecule has 0 saturated heterocycles. The summed E-state index contributed by atoms with van der Waals surface area (Å²) in [6, 6.07) is 3.64. The van der Waals surface area contributed by atoms with Gasteiger partial charge in [0.05, 0.1) is 12.3 Å². The molecule has 0 atom stereocenters. The molecule has 0 aliphatic rings. The number of amides is 1. The van der Waals surface area contributed by atoms with Crippen LogP contribution in [-0.4, -0.2) is 19.2 Å². The minimum atomic E-state index is -1.85. The number of carbonyl (C=O) groups excluding carboxylic acids is 1. The number of rotatable bonds is 4. The van der Waals surface area contributed by atoms with Gasteiger partial charge in [-0.1, -0.05) is 41.5 Å². The molecule has 0 aromatic carbocycles. The molecular weight excluding hydrogens is 332 g/mol. The van der Waals surface area contributed by atoms with Crippen molar-refractivity contribution < 1.29 is 13.6 Å². The Kier molecular flexibility index (Phi) is 5.17. The number of carbonyl (C=O) groups is 1. The van der Waals surface area contributed by atoms with Gasteiger partial charge in [-0.3, -0.25) is 9.78 Å². The van der Waals surface area contributed by atoms with Crippen LogP contribution in [0.5, 0.6) is 0 Å². The molecule has 2 aromatic heterocycles. The van der Waals surface area contributed by atoms with Gasteiger partial charge in [0.25, 0.3) is 0 Å². The standard InChI is InChI=1S/C19H30N2O3Si/c1-18(2,3)17(22)21-14-9-10-20-15-11-13(24-16(14)15)12-23-25(7,8)19(4,5)6/h9-11H,12H2,1-8H3,(H,20,21,22). The van der Waals surface area contributed by atoms with Crippen molar-refractivity contribution in [2.75, 3.05) is 5.32 Å². The van der Waals surface area contributed by atoms with Crippen LogP contribution in [0, 0.1) is 5.41 Å². The zero-order valence-corrected chi connectivity index (χ0v) is 17.6. The first-order valence-electron chi connectivity index (χ1n) is 8.64. The number of furan rings is 1. The smallest absolute Gasteiger partial charge is 0.229 e. The topological polar surface area (TPSA) is 64.4 Å². The van der Waals surface area contributed by atoms with E-state index in [0.29, 0.717) is 17.9 Å². The molecule has 5 nitrogen and oxygen atoms in total. The van der Waals surface area contributed by atoms with Crippen molar-refractivity contribution in [1.82, 2.24) is 4.98 Å². The van der Waals surface area contributed by atoms with E-state index < -0.39 is 13.7 Å². The monoisotopic (exact) mass is 362 g/mol. The molecule has 2 aromatic rings. The molecule has 2 rings (SSSR count). The SMILES string of the molecule is CC(C)(C)C(=O)Nc1ccnc2cc(CO[Si](C)(C)C(C)(C)C)oc12. The average Bonchev–Trinajstić information content (AvgIpc) is 2.87. The Morgan fingerprint density at radius 1 is 1.24 bits per heavy atom. The van der Waals surface area contributed by atoms with E-state index in [2.05, 4.69) is 44.2 Å². The highest BCUT2D eigenvalue weighted by Gasteiger charge is 2.37. The highest BCUT2D eigenvalue weighted by molar-refractivity contribution is 6.74. The Morgan fingerprint density at radius 2 is 1.88 bits per heavy atom. The predicted octanol–water partition coefficient (Wildman–Crippen LogP) is 5.33. The van der Waals surface area contributed by atoms with E-state index in [1.807, 2.05) is 26.8 Å². The van der Waals surface area contributed by atoms with Crippen molar-refractivity contribution in [3.05, 3.63) is 24.1 Å². The third-order valence-corrected chi connectivity index (χ3v) is 9.25. The van der Waals surface area contributed by atoms with Crippen LogP contribution in [0.15, 0.2) is 22.7 Å². The summed E-state index contributed by atoms with van der Waals surface area (Å²) in [5.41, 5.74) is 1.48. The van der Waals surface area contributed by atoms with E-state index in [0.717, 1.165) is 11.3 Å². The second-order valence-corrected chi connectivity index (χ2v) is 13.8. The molecule has 0 radical (unpaired) electrons. The summed E-state index contributed by atoms with van der Waals surface area (Å²) in [5.74, 6) is 0.667. The number of fused-ring (bicyclic) bond motifs is 1. The van der Waals surface area contributed by atoms with Crippen LogP contribution in [0.1, 0.15) is 47.3 Å². The van der Waals surface area contributed by atoms with Crippen LogP contribution in [0.25, 0.3) is 11.1 Å². The summed E-state index contributed by atoms with van der Waals surface area (Å²) in [6.07, 6.45) is 1.68. The first kappa shape index (κ1) is 19.7. The van der Waals surface area contributed by atoms with E-state index in [4.69, 9.17) is 8.84 Å². The predicted molar refractivity (Wildman–Crippen MR) is 104 cm³/mol. The van der Waals surface area contributed by atoms with E-state index >= 15 is 0 Å². The van der Waals surface area contributed by atoms with Crippen LogP contribution < -0.4 is 5.32 Å². The first-order valence-corrected chi connectivity index (χ1v) is 11.5. The number of aromatic nitrogens is 1.